The van der Waals surface area contributed by atoms with Gasteiger partial charge in [0.25, 0.3) is 0 Å². The molecular weight excluding hydrogens is 112 g/mol. The zero-order valence-electron chi connectivity index (χ0n) is 5.65. The van der Waals surface area contributed by atoms with E-state index in [1.807, 2.05) is 13.0 Å². The molecule has 2 heteroatoms. The zero-order valence-corrected chi connectivity index (χ0v) is 5.65. The highest BCUT2D eigenvalue weighted by Crippen LogP contribution is 2.02. The van der Waals surface area contributed by atoms with Crippen LogP contribution in [0, 0.1) is 0 Å². The van der Waals surface area contributed by atoms with Crippen LogP contribution in [0.3, 0.4) is 0 Å². The van der Waals surface area contributed by atoms with Gasteiger partial charge in [0.15, 0.2) is 0 Å². The van der Waals surface area contributed by atoms with Crippen molar-refractivity contribution >= 4 is 0 Å². The molecule has 0 spiro atoms. The fraction of sp³-hybridized carbons (Fsp3) is 0.429. The molecule has 9 heavy (non-hydrogen) atoms. The Hall–Kier alpha value is -0.920. The Labute approximate surface area is 55.4 Å². The van der Waals surface area contributed by atoms with Crippen molar-refractivity contribution in [3.05, 3.63) is 23.5 Å². The first kappa shape index (κ1) is 6.20. The van der Waals surface area contributed by atoms with Crippen molar-refractivity contribution in [2.75, 3.05) is 6.54 Å². The minimum atomic E-state index is 0.867. The van der Waals surface area contributed by atoms with Gasteiger partial charge in [-0.25, -0.2) is 0 Å². The molecule has 0 aromatic rings. The Balaban J connectivity index is 2.71. The highest BCUT2D eigenvalue weighted by Gasteiger charge is 1.97. The van der Waals surface area contributed by atoms with E-state index in [9.17, 15) is 0 Å². The van der Waals surface area contributed by atoms with Crippen LogP contribution in [-0.4, -0.2) is 6.54 Å². The lowest BCUT2D eigenvalue weighted by Crippen LogP contribution is -2.19. The molecule has 0 saturated heterocycles. The molecule has 0 aromatic carbocycles. The second-order valence-corrected chi connectivity index (χ2v) is 2.21. The lowest BCUT2D eigenvalue weighted by molar-refractivity contribution is 0.784. The van der Waals surface area contributed by atoms with Crippen LogP contribution in [0.4, 0.5) is 0 Å². The molecule has 0 amide bonds. The van der Waals surface area contributed by atoms with Gasteiger partial charge in [-0.15, -0.1) is 0 Å². The van der Waals surface area contributed by atoms with Crippen LogP contribution in [0.2, 0.25) is 0 Å². The molecule has 0 fully saturated rings. The van der Waals surface area contributed by atoms with Crippen molar-refractivity contribution < 1.29 is 0 Å². The number of hydrogen-bond donors (Lipinski definition) is 2. The van der Waals surface area contributed by atoms with E-state index in [0.29, 0.717) is 0 Å². The van der Waals surface area contributed by atoms with Crippen molar-refractivity contribution in [2.45, 2.75) is 13.3 Å². The Kier molecular flexibility index (Phi) is 1.78. The molecule has 0 radical (unpaired) electrons. The van der Waals surface area contributed by atoms with Crippen molar-refractivity contribution in [1.82, 2.24) is 5.32 Å². The van der Waals surface area contributed by atoms with E-state index < -0.39 is 0 Å². The maximum Gasteiger partial charge on any atom is 0.0524 e. The van der Waals surface area contributed by atoms with Gasteiger partial charge in [-0.1, -0.05) is 6.08 Å². The summed E-state index contributed by atoms with van der Waals surface area (Å²) >= 11 is 0. The second kappa shape index (κ2) is 2.58. The predicted molar refractivity (Wildman–Crippen MR) is 38.6 cm³/mol. The summed E-state index contributed by atoms with van der Waals surface area (Å²) < 4.78 is 0. The van der Waals surface area contributed by atoms with Gasteiger partial charge in [0, 0.05) is 12.2 Å². The van der Waals surface area contributed by atoms with Crippen LogP contribution in [-0.2, 0) is 0 Å². The third-order valence-corrected chi connectivity index (χ3v) is 1.34. The van der Waals surface area contributed by atoms with E-state index in [-0.39, 0.29) is 0 Å². The van der Waals surface area contributed by atoms with Crippen LogP contribution in [0.1, 0.15) is 13.3 Å². The first-order valence-electron chi connectivity index (χ1n) is 3.17. The summed E-state index contributed by atoms with van der Waals surface area (Å²) in [6.07, 6.45) is 5.26. The fourth-order valence-corrected chi connectivity index (χ4v) is 0.821. The van der Waals surface area contributed by atoms with Crippen LogP contribution in [0.5, 0.6) is 0 Å². The smallest absolute Gasteiger partial charge is 0.0524 e. The van der Waals surface area contributed by atoms with Crippen molar-refractivity contribution in [2.24, 2.45) is 5.73 Å². The first-order valence-corrected chi connectivity index (χ1v) is 3.17. The van der Waals surface area contributed by atoms with Crippen molar-refractivity contribution in [3.63, 3.8) is 0 Å². The summed E-state index contributed by atoms with van der Waals surface area (Å²) in [5.74, 6) is 0. The van der Waals surface area contributed by atoms with E-state index in [1.165, 1.54) is 0 Å². The van der Waals surface area contributed by atoms with Gasteiger partial charge >= 0.3 is 0 Å². The molecule has 50 valence electrons. The molecule has 2 nitrogen and oxygen atoms in total. The van der Waals surface area contributed by atoms with Gasteiger partial charge in [-0.05, 0) is 19.4 Å². The SMILES string of the molecule is C/C(N)=C1\C=CCCN1. The first-order chi connectivity index (χ1) is 4.30. The number of nitrogens with two attached hydrogens (primary N) is 1. The predicted octanol–water partition coefficient (Wildman–Crippen LogP) is 0.726. The summed E-state index contributed by atoms with van der Waals surface area (Å²) in [7, 11) is 0. The number of hydrogen-bond acceptors (Lipinski definition) is 2. The van der Waals surface area contributed by atoms with Gasteiger partial charge in [0.05, 0.1) is 5.70 Å². The minimum Gasteiger partial charge on any atom is -0.401 e. The van der Waals surface area contributed by atoms with Crippen molar-refractivity contribution in [3.8, 4) is 0 Å². The highest BCUT2D eigenvalue weighted by atomic mass is 14.9. The number of nitrogens with one attached hydrogen (secondary N) is 1. The van der Waals surface area contributed by atoms with Crippen LogP contribution in [0.25, 0.3) is 0 Å². The molecule has 1 aliphatic heterocycles. The molecule has 0 unspecified atom stereocenters. The Morgan fingerprint density at radius 1 is 1.78 bits per heavy atom. The standard InChI is InChI=1S/C7H12N2/c1-6(8)7-4-2-3-5-9-7/h2,4,9H,3,5,8H2,1H3/b7-6-. The Morgan fingerprint density at radius 2 is 2.56 bits per heavy atom. The van der Waals surface area contributed by atoms with Gasteiger partial charge < -0.3 is 11.1 Å². The minimum absolute atomic E-state index is 0.867. The molecule has 0 bridgehead atoms. The van der Waals surface area contributed by atoms with E-state index in [1.54, 1.807) is 0 Å². The maximum absolute atomic E-state index is 5.53. The summed E-state index contributed by atoms with van der Waals surface area (Å²) in [4.78, 5) is 0. The third-order valence-electron chi connectivity index (χ3n) is 1.34. The molecule has 0 atom stereocenters. The number of rotatable bonds is 0. The molecule has 1 heterocycles. The zero-order chi connectivity index (χ0) is 6.69. The topological polar surface area (TPSA) is 38.0 Å². The fourth-order valence-electron chi connectivity index (χ4n) is 0.821. The van der Waals surface area contributed by atoms with Crippen LogP contribution < -0.4 is 11.1 Å². The lowest BCUT2D eigenvalue weighted by atomic mass is 10.2. The van der Waals surface area contributed by atoms with Gasteiger partial charge in [-0.2, -0.15) is 0 Å². The Bertz CT molecular complexity index is 152. The summed E-state index contributed by atoms with van der Waals surface area (Å²) in [5, 5.41) is 3.19. The van der Waals surface area contributed by atoms with Crippen LogP contribution in [0.15, 0.2) is 23.5 Å². The quantitative estimate of drug-likeness (QED) is 0.499. The molecular formula is C7H12N2. The van der Waals surface area contributed by atoms with E-state index in [2.05, 4.69) is 11.4 Å². The molecule has 0 saturated carbocycles. The largest absolute Gasteiger partial charge is 0.401 e. The lowest BCUT2D eigenvalue weighted by Gasteiger charge is -2.11. The van der Waals surface area contributed by atoms with E-state index in [4.69, 9.17) is 5.73 Å². The van der Waals surface area contributed by atoms with Gasteiger partial charge in [-0.3, -0.25) is 0 Å². The molecule has 3 N–H and O–H groups in total. The average molecular weight is 124 g/mol. The maximum atomic E-state index is 5.53. The van der Waals surface area contributed by atoms with Gasteiger partial charge in [0.2, 0.25) is 0 Å². The third kappa shape index (κ3) is 1.49. The van der Waals surface area contributed by atoms with Crippen LogP contribution >= 0.6 is 0 Å². The highest BCUT2D eigenvalue weighted by molar-refractivity contribution is 5.23. The van der Waals surface area contributed by atoms with Crippen molar-refractivity contribution in [1.29, 1.82) is 0 Å². The second-order valence-electron chi connectivity index (χ2n) is 2.21. The van der Waals surface area contributed by atoms with Gasteiger partial charge in [0.1, 0.15) is 0 Å². The summed E-state index contributed by atoms with van der Waals surface area (Å²) in [6.45, 7) is 2.92. The number of allylic oxidation sites excluding steroid dienone is 2. The summed E-state index contributed by atoms with van der Waals surface area (Å²) in [5.41, 5.74) is 7.47. The Morgan fingerprint density at radius 3 is 2.89 bits per heavy atom. The summed E-state index contributed by atoms with van der Waals surface area (Å²) in [6, 6.07) is 0. The molecule has 1 rings (SSSR count). The normalized spacial score (nSPS) is 23.2. The monoisotopic (exact) mass is 124 g/mol. The molecule has 0 aromatic heterocycles. The molecule has 1 aliphatic rings. The average Bonchev–Trinajstić information content (AvgIpc) is 1.90. The van der Waals surface area contributed by atoms with E-state index in [0.717, 1.165) is 24.4 Å². The molecule has 0 aliphatic carbocycles. The van der Waals surface area contributed by atoms with E-state index >= 15 is 0 Å².